The first kappa shape index (κ1) is 22.1. The highest BCUT2D eigenvalue weighted by molar-refractivity contribution is 7.90. The largest absolute Gasteiger partial charge is 0.356 e. The zero-order chi connectivity index (χ0) is 19.3. The Bertz CT molecular complexity index is 719. The van der Waals surface area contributed by atoms with Gasteiger partial charge in [-0.15, -0.1) is 0 Å². The summed E-state index contributed by atoms with van der Waals surface area (Å²) >= 11 is 12.1. The van der Waals surface area contributed by atoms with E-state index in [0.29, 0.717) is 29.0 Å². The third kappa shape index (κ3) is 7.84. The number of hydrogen-bond acceptors (Lipinski definition) is 3. The molecular weight excluding hydrogens is 381 g/mol. The second-order valence-corrected chi connectivity index (χ2v) is 9.98. The lowest BCUT2D eigenvalue weighted by atomic mass is 9.84. The lowest BCUT2D eigenvalue weighted by Gasteiger charge is -2.28. The molecule has 1 aromatic carbocycles. The van der Waals surface area contributed by atoms with Gasteiger partial charge in [0.05, 0.1) is 15.8 Å². The topological polar surface area (TPSA) is 70.6 Å². The van der Waals surface area contributed by atoms with Crippen LogP contribution in [0.2, 0.25) is 10.0 Å². The minimum absolute atomic E-state index is 0.00554. The highest BCUT2D eigenvalue weighted by Crippen LogP contribution is 2.29. The van der Waals surface area contributed by atoms with Gasteiger partial charge in [-0.2, -0.15) is 0 Å². The maximum atomic E-state index is 11.3. The number of sulfone groups is 1. The van der Waals surface area contributed by atoms with Gasteiger partial charge in [0.1, 0.15) is 9.84 Å². The smallest absolute Gasteiger partial charge is 0.191 e. The number of aliphatic imine (C=N–C) groups is 1. The lowest BCUT2D eigenvalue weighted by Crippen LogP contribution is -2.46. The first-order valence-corrected chi connectivity index (χ1v) is 10.9. The molecule has 142 valence electrons. The molecule has 1 rings (SSSR count). The monoisotopic (exact) mass is 407 g/mol. The van der Waals surface area contributed by atoms with E-state index in [1.807, 2.05) is 19.1 Å². The standard InChI is InChI=1S/C17H27Cl2N3O2S/c1-12(8-9-25(5,23)24)22-16(20-4)21-11-17(2,3)13-6-7-14(18)15(19)10-13/h6-7,10,12H,8-9,11H2,1-5H3,(H2,20,21,22). The van der Waals surface area contributed by atoms with E-state index in [0.717, 1.165) is 5.56 Å². The molecule has 0 aliphatic carbocycles. The van der Waals surface area contributed by atoms with Crippen LogP contribution in [0.15, 0.2) is 23.2 Å². The predicted octanol–water partition coefficient (Wildman–Crippen LogP) is 3.26. The molecule has 8 heteroatoms. The zero-order valence-electron chi connectivity index (χ0n) is 15.4. The number of nitrogens with one attached hydrogen (secondary N) is 2. The Morgan fingerprint density at radius 3 is 2.44 bits per heavy atom. The van der Waals surface area contributed by atoms with Gasteiger partial charge in [0.25, 0.3) is 0 Å². The molecule has 0 aliphatic heterocycles. The Hall–Kier alpha value is -0.980. The second-order valence-electron chi connectivity index (χ2n) is 6.90. The van der Waals surface area contributed by atoms with E-state index in [4.69, 9.17) is 23.2 Å². The van der Waals surface area contributed by atoms with Crippen LogP contribution in [0.1, 0.15) is 32.8 Å². The number of nitrogens with zero attached hydrogens (tertiary/aromatic N) is 1. The Kier molecular flexibility index (Phi) is 8.03. The van der Waals surface area contributed by atoms with E-state index < -0.39 is 9.84 Å². The van der Waals surface area contributed by atoms with Crippen LogP contribution in [0, 0.1) is 0 Å². The van der Waals surface area contributed by atoms with Crippen molar-refractivity contribution in [1.82, 2.24) is 10.6 Å². The van der Waals surface area contributed by atoms with E-state index in [-0.39, 0.29) is 17.2 Å². The van der Waals surface area contributed by atoms with Gasteiger partial charge in [-0.1, -0.05) is 43.1 Å². The molecule has 5 nitrogen and oxygen atoms in total. The Morgan fingerprint density at radius 2 is 1.92 bits per heavy atom. The van der Waals surface area contributed by atoms with Gasteiger partial charge in [-0.25, -0.2) is 8.42 Å². The highest BCUT2D eigenvalue weighted by atomic mass is 35.5. The molecule has 25 heavy (non-hydrogen) atoms. The molecule has 1 atom stereocenters. The van der Waals surface area contributed by atoms with Crippen molar-refractivity contribution in [2.75, 3.05) is 25.6 Å². The van der Waals surface area contributed by atoms with Crippen LogP contribution >= 0.6 is 23.2 Å². The molecule has 0 aromatic heterocycles. The van der Waals surface area contributed by atoms with Crippen molar-refractivity contribution in [2.45, 2.75) is 38.6 Å². The number of rotatable bonds is 7. The summed E-state index contributed by atoms with van der Waals surface area (Å²) in [6, 6.07) is 5.62. The molecule has 0 heterocycles. The van der Waals surface area contributed by atoms with Crippen molar-refractivity contribution in [3.8, 4) is 0 Å². The van der Waals surface area contributed by atoms with Gasteiger partial charge in [-0.3, -0.25) is 4.99 Å². The fraction of sp³-hybridized carbons (Fsp3) is 0.588. The average Bonchev–Trinajstić information content (AvgIpc) is 2.51. The van der Waals surface area contributed by atoms with E-state index in [1.54, 1.807) is 13.1 Å². The lowest BCUT2D eigenvalue weighted by molar-refractivity contribution is 0.503. The van der Waals surface area contributed by atoms with Crippen LogP contribution in [0.5, 0.6) is 0 Å². The van der Waals surface area contributed by atoms with Crippen molar-refractivity contribution in [2.24, 2.45) is 4.99 Å². The summed E-state index contributed by atoms with van der Waals surface area (Å²) in [4.78, 5) is 4.20. The maximum absolute atomic E-state index is 11.3. The zero-order valence-corrected chi connectivity index (χ0v) is 17.7. The molecule has 0 fully saturated rings. The molecule has 0 amide bonds. The van der Waals surface area contributed by atoms with Gasteiger partial charge in [0, 0.05) is 31.3 Å². The summed E-state index contributed by atoms with van der Waals surface area (Å²) < 4.78 is 22.5. The fourth-order valence-electron chi connectivity index (χ4n) is 2.21. The average molecular weight is 408 g/mol. The van der Waals surface area contributed by atoms with E-state index in [9.17, 15) is 8.42 Å². The van der Waals surface area contributed by atoms with Gasteiger partial charge >= 0.3 is 0 Å². The summed E-state index contributed by atoms with van der Waals surface area (Å²) in [5, 5.41) is 7.56. The first-order chi connectivity index (χ1) is 11.4. The van der Waals surface area contributed by atoms with E-state index >= 15 is 0 Å². The van der Waals surface area contributed by atoms with Crippen LogP contribution in [0.4, 0.5) is 0 Å². The summed E-state index contributed by atoms with van der Waals surface area (Å²) in [5.74, 6) is 0.779. The Labute approximate surface area is 161 Å². The van der Waals surface area contributed by atoms with Gasteiger partial charge in [-0.05, 0) is 31.0 Å². The summed E-state index contributed by atoms with van der Waals surface area (Å²) in [7, 11) is -1.28. The molecular formula is C17H27Cl2N3O2S. The predicted molar refractivity (Wildman–Crippen MR) is 108 cm³/mol. The molecule has 0 aliphatic rings. The van der Waals surface area contributed by atoms with Crippen molar-refractivity contribution >= 4 is 39.0 Å². The van der Waals surface area contributed by atoms with E-state index in [1.165, 1.54) is 6.26 Å². The summed E-state index contributed by atoms with van der Waals surface area (Å²) in [5.41, 5.74) is 0.872. The van der Waals surface area contributed by atoms with Crippen LogP contribution in [0.3, 0.4) is 0 Å². The third-order valence-electron chi connectivity index (χ3n) is 3.93. The van der Waals surface area contributed by atoms with E-state index in [2.05, 4.69) is 29.5 Å². The molecule has 0 bridgehead atoms. The molecule has 0 spiro atoms. The normalized spacial score (nSPS) is 14.3. The molecule has 1 unspecified atom stereocenters. The van der Waals surface area contributed by atoms with Gasteiger partial charge in [0.15, 0.2) is 5.96 Å². The Balaban J connectivity index is 2.65. The molecule has 0 saturated heterocycles. The maximum Gasteiger partial charge on any atom is 0.191 e. The van der Waals surface area contributed by atoms with Crippen molar-refractivity contribution in [3.05, 3.63) is 33.8 Å². The van der Waals surface area contributed by atoms with Gasteiger partial charge in [0.2, 0.25) is 0 Å². The summed E-state index contributed by atoms with van der Waals surface area (Å²) in [6.07, 6.45) is 1.77. The first-order valence-electron chi connectivity index (χ1n) is 8.05. The number of halogens is 2. The van der Waals surface area contributed by atoms with Crippen molar-refractivity contribution in [3.63, 3.8) is 0 Å². The molecule has 0 saturated carbocycles. The van der Waals surface area contributed by atoms with Crippen molar-refractivity contribution < 1.29 is 8.42 Å². The minimum Gasteiger partial charge on any atom is -0.356 e. The molecule has 2 N–H and O–H groups in total. The fourth-order valence-corrected chi connectivity index (χ4v) is 3.29. The molecule has 0 radical (unpaired) electrons. The SMILES string of the molecule is CN=C(NCC(C)(C)c1ccc(Cl)c(Cl)c1)NC(C)CCS(C)(=O)=O. The van der Waals surface area contributed by atoms with Crippen LogP contribution < -0.4 is 10.6 Å². The minimum atomic E-state index is -2.96. The third-order valence-corrected chi connectivity index (χ3v) is 5.64. The number of guanidine groups is 1. The quantitative estimate of drug-likeness (QED) is 0.537. The van der Waals surface area contributed by atoms with Crippen molar-refractivity contribution in [1.29, 1.82) is 0 Å². The number of benzene rings is 1. The van der Waals surface area contributed by atoms with Crippen LogP contribution in [0.25, 0.3) is 0 Å². The van der Waals surface area contributed by atoms with Crippen LogP contribution in [-0.4, -0.2) is 46.0 Å². The highest BCUT2D eigenvalue weighted by Gasteiger charge is 2.22. The van der Waals surface area contributed by atoms with Crippen LogP contribution in [-0.2, 0) is 15.3 Å². The number of hydrogen-bond donors (Lipinski definition) is 2. The summed E-state index contributed by atoms with van der Waals surface area (Å²) in [6.45, 7) is 6.76. The molecule has 1 aromatic rings. The van der Waals surface area contributed by atoms with Gasteiger partial charge < -0.3 is 10.6 Å². The second kappa shape index (κ2) is 9.10. The Morgan fingerprint density at radius 1 is 1.28 bits per heavy atom.